The number of rotatable bonds is 8. The van der Waals surface area contributed by atoms with E-state index in [4.69, 9.17) is 9.47 Å². The van der Waals surface area contributed by atoms with Gasteiger partial charge >= 0.3 is 0 Å². The lowest BCUT2D eigenvalue weighted by atomic mass is 10.00. The first-order valence-corrected chi connectivity index (χ1v) is 14.7. The summed E-state index contributed by atoms with van der Waals surface area (Å²) in [4.78, 5) is 41.9. The maximum atomic E-state index is 13.2. The van der Waals surface area contributed by atoms with Crippen molar-refractivity contribution in [1.29, 1.82) is 0 Å². The number of hydrogen-bond donors (Lipinski definition) is 0. The van der Waals surface area contributed by atoms with Gasteiger partial charge in [-0.15, -0.1) is 0 Å². The van der Waals surface area contributed by atoms with Crippen molar-refractivity contribution in [1.82, 2.24) is 9.80 Å². The van der Waals surface area contributed by atoms with Crippen molar-refractivity contribution in [2.75, 3.05) is 19.7 Å². The van der Waals surface area contributed by atoms with Crippen molar-refractivity contribution in [2.45, 2.75) is 33.4 Å². The Kier molecular flexibility index (Phi) is 8.61. The lowest BCUT2D eigenvalue weighted by Gasteiger charge is -2.29. The van der Waals surface area contributed by atoms with Gasteiger partial charge in [-0.25, -0.2) is 0 Å². The number of nitrogens with zero attached hydrogens (tertiary/aromatic N) is 2. The molecule has 3 aromatic carbocycles. The van der Waals surface area contributed by atoms with E-state index < -0.39 is 11.1 Å². The molecule has 1 saturated heterocycles. The van der Waals surface area contributed by atoms with Crippen LogP contribution in [0, 0.1) is 6.92 Å². The average molecular weight is 622 g/mol. The molecule has 2 aliphatic rings. The van der Waals surface area contributed by atoms with E-state index in [1.165, 1.54) is 11.1 Å². The molecule has 3 aromatic rings. The van der Waals surface area contributed by atoms with Gasteiger partial charge in [0.15, 0.2) is 11.5 Å². The molecule has 3 amide bonds. The van der Waals surface area contributed by atoms with Gasteiger partial charge in [0.05, 0.1) is 11.5 Å². The third kappa shape index (κ3) is 6.26. The minimum absolute atomic E-state index is 0.243. The largest absolute Gasteiger partial charge is 0.490 e. The quantitative estimate of drug-likeness (QED) is 0.273. The number of aryl methyl sites for hydroxylation is 1. The molecule has 0 aromatic heterocycles. The molecular weight excluding hydrogens is 592 g/mol. The van der Waals surface area contributed by atoms with Crippen LogP contribution in [-0.2, 0) is 29.2 Å². The SMILES string of the molecule is CCOc1cc(/C=C2\SC(=O)N(CC(=O)N3CCc4ccccc4C3)C2=O)c(Br)cc1OCc1ccc(C)cc1. The molecule has 0 spiro atoms. The molecule has 2 aliphatic heterocycles. The fourth-order valence-electron chi connectivity index (χ4n) is 4.61. The van der Waals surface area contributed by atoms with Crippen LogP contribution in [0.25, 0.3) is 6.08 Å². The Bertz CT molecular complexity index is 1490. The smallest absolute Gasteiger partial charge is 0.294 e. The third-order valence-corrected chi connectivity index (χ3v) is 8.41. The molecule has 0 atom stereocenters. The first kappa shape index (κ1) is 28.0. The highest BCUT2D eigenvalue weighted by Gasteiger charge is 2.37. The van der Waals surface area contributed by atoms with Crippen LogP contribution in [0.5, 0.6) is 11.5 Å². The Labute approximate surface area is 246 Å². The van der Waals surface area contributed by atoms with Gasteiger partial charge in [0.25, 0.3) is 11.1 Å². The van der Waals surface area contributed by atoms with Crippen molar-refractivity contribution in [3.63, 3.8) is 0 Å². The molecule has 40 heavy (non-hydrogen) atoms. The molecule has 5 rings (SSSR count). The summed E-state index contributed by atoms with van der Waals surface area (Å²) in [5, 5.41) is -0.457. The zero-order chi connectivity index (χ0) is 28.2. The van der Waals surface area contributed by atoms with Crippen molar-refractivity contribution in [3.8, 4) is 11.5 Å². The molecular formula is C31H29BrN2O5S. The molecule has 0 radical (unpaired) electrons. The number of thioether (sulfide) groups is 1. The van der Waals surface area contributed by atoms with Gasteiger partial charge in [0.1, 0.15) is 13.2 Å². The van der Waals surface area contributed by atoms with Gasteiger partial charge in [-0.1, -0.05) is 70.0 Å². The summed E-state index contributed by atoms with van der Waals surface area (Å²) in [5.41, 5.74) is 5.19. The highest BCUT2D eigenvalue weighted by Crippen LogP contribution is 2.38. The fourth-order valence-corrected chi connectivity index (χ4v) is 5.88. The van der Waals surface area contributed by atoms with Crippen LogP contribution in [-0.4, -0.2) is 46.5 Å². The zero-order valence-corrected chi connectivity index (χ0v) is 24.7. The number of ether oxygens (including phenoxy) is 2. The van der Waals surface area contributed by atoms with Gasteiger partial charge in [-0.2, -0.15) is 0 Å². The predicted molar refractivity (Wildman–Crippen MR) is 159 cm³/mol. The van der Waals surface area contributed by atoms with E-state index in [9.17, 15) is 14.4 Å². The molecule has 0 bridgehead atoms. The Hall–Kier alpha value is -3.56. The van der Waals surface area contributed by atoms with Crippen LogP contribution >= 0.6 is 27.7 Å². The molecule has 2 heterocycles. The minimum Gasteiger partial charge on any atom is -0.490 e. The van der Waals surface area contributed by atoms with Crippen LogP contribution in [0.3, 0.4) is 0 Å². The van der Waals surface area contributed by atoms with Gasteiger partial charge in [0, 0.05) is 17.6 Å². The summed E-state index contributed by atoms with van der Waals surface area (Å²) in [6, 6.07) is 19.7. The topological polar surface area (TPSA) is 76.2 Å². The second-order valence-corrected chi connectivity index (χ2v) is 11.5. The summed E-state index contributed by atoms with van der Waals surface area (Å²) in [6.45, 7) is 5.49. The van der Waals surface area contributed by atoms with Gasteiger partial charge in [-0.05, 0) is 72.5 Å². The lowest BCUT2D eigenvalue weighted by Crippen LogP contribution is -2.44. The number of imide groups is 1. The number of carbonyl (C=O) groups is 3. The summed E-state index contributed by atoms with van der Waals surface area (Å²) in [6.07, 6.45) is 2.40. The lowest BCUT2D eigenvalue weighted by molar-refractivity contribution is -0.136. The summed E-state index contributed by atoms with van der Waals surface area (Å²) in [7, 11) is 0. The predicted octanol–water partition coefficient (Wildman–Crippen LogP) is 6.36. The van der Waals surface area contributed by atoms with Crippen molar-refractivity contribution >= 4 is 50.8 Å². The summed E-state index contributed by atoms with van der Waals surface area (Å²) >= 11 is 4.40. The van der Waals surface area contributed by atoms with Gasteiger partial charge < -0.3 is 14.4 Å². The average Bonchev–Trinajstić information content (AvgIpc) is 3.21. The van der Waals surface area contributed by atoms with Crippen LogP contribution in [0.4, 0.5) is 4.79 Å². The van der Waals surface area contributed by atoms with Crippen LogP contribution in [0.15, 0.2) is 70.0 Å². The van der Waals surface area contributed by atoms with E-state index in [1.807, 2.05) is 56.3 Å². The van der Waals surface area contributed by atoms with Gasteiger partial charge in [-0.3, -0.25) is 19.3 Å². The molecule has 0 N–H and O–H groups in total. The van der Waals surface area contributed by atoms with Crippen LogP contribution in [0.1, 0.15) is 34.7 Å². The number of benzene rings is 3. The Balaban J connectivity index is 1.29. The van der Waals surface area contributed by atoms with Crippen molar-refractivity contribution < 1.29 is 23.9 Å². The van der Waals surface area contributed by atoms with Gasteiger partial charge in [0.2, 0.25) is 5.91 Å². The second-order valence-electron chi connectivity index (χ2n) is 9.63. The highest BCUT2D eigenvalue weighted by molar-refractivity contribution is 9.10. The van der Waals surface area contributed by atoms with E-state index in [0.717, 1.165) is 34.2 Å². The Morgan fingerprint density at radius 3 is 2.50 bits per heavy atom. The molecule has 7 nitrogen and oxygen atoms in total. The molecule has 0 unspecified atom stereocenters. The highest BCUT2D eigenvalue weighted by atomic mass is 79.9. The van der Waals surface area contributed by atoms with E-state index >= 15 is 0 Å². The minimum atomic E-state index is -0.481. The molecule has 1 fully saturated rings. The van der Waals surface area contributed by atoms with E-state index in [1.54, 1.807) is 23.1 Å². The van der Waals surface area contributed by atoms with Crippen molar-refractivity contribution in [2.24, 2.45) is 0 Å². The maximum Gasteiger partial charge on any atom is 0.294 e. The Morgan fingerprint density at radius 2 is 1.75 bits per heavy atom. The van der Waals surface area contributed by atoms with Crippen molar-refractivity contribution in [3.05, 3.63) is 97.9 Å². The van der Waals surface area contributed by atoms with E-state index in [0.29, 0.717) is 47.8 Å². The number of fused-ring (bicyclic) bond motifs is 1. The standard InChI is InChI=1S/C31H29BrN2O5S/c1-3-38-26-14-24(25(32)16-27(26)39-19-21-10-8-20(2)9-11-21)15-28-30(36)34(31(37)40-28)18-29(35)33-13-12-22-6-4-5-7-23(22)17-33/h4-11,14-16H,3,12-13,17-19H2,1-2H3/b28-15-. The monoisotopic (exact) mass is 620 g/mol. The normalized spacial score (nSPS) is 15.9. The zero-order valence-electron chi connectivity index (χ0n) is 22.3. The van der Waals surface area contributed by atoms with E-state index in [-0.39, 0.29) is 17.4 Å². The third-order valence-electron chi connectivity index (χ3n) is 6.81. The first-order valence-electron chi connectivity index (χ1n) is 13.1. The number of carbonyl (C=O) groups excluding carboxylic acids is 3. The molecule has 206 valence electrons. The summed E-state index contributed by atoms with van der Waals surface area (Å²) in [5.74, 6) is 0.371. The maximum absolute atomic E-state index is 13.2. The molecule has 0 saturated carbocycles. The number of halogens is 1. The first-order chi connectivity index (χ1) is 19.3. The fraction of sp³-hybridized carbons (Fsp3) is 0.258. The Morgan fingerprint density at radius 1 is 1.02 bits per heavy atom. The second kappa shape index (κ2) is 12.3. The molecule has 0 aliphatic carbocycles. The summed E-state index contributed by atoms with van der Waals surface area (Å²) < 4.78 is 12.6. The van der Waals surface area contributed by atoms with E-state index in [2.05, 4.69) is 22.0 Å². The van der Waals surface area contributed by atoms with Crippen LogP contribution < -0.4 is 9.47 Å². The number of hydrogen-bond acceptors (Lipinski definition) is 6. The molecule has 9 heteroatoms. The number of amides is 3. The van der Waals surface area contributed by atoms with Crippen LogP contribution in [0.2, 0.25) is 0 Å².